The van der Waals surface area contributed by atoms with Gasteiger partial charge in [-0.05, 0) is 25.0 Å². The van der Waals surface area contributed by atoms with Gasteiger partial charge in [-0.2, -0.15) is 0 Å². The fraction of sp³-hybridized carbons (Fsp3) is 0.529. The van der Waals surface area contributed by atoms with E-state index in [2.05, 4.69) is 0 Å². The first kappa shape index (κ1) is 15.6. The molecule has 6 nitrogen and oxygen atoms in total. The number of rotatable bonds is 4. The normalized spacial score (nSPS) is 21.0. The maximum absolute atomic E-state index is 12.5. The van der Waals surface area contributed by atoms with Crippen molar-refractivity contribution < 1.29 is 19.1 Å². The van der Waals surface area contributed by atoms with Crippen molar-refractivity contribution in [3.8, 4) is 11.5 Å². The number of likely N-dealkylation sites (tertiary alicyclic amines) is 1. The molecular weight excluding hydrogens is 296 g/mol. The molecular formula is C17H22N2O4. The fourth-order valence-electron chi connectivity index (χ4n) is 3.31. The van der Waals surface area contributed by atoms with Gasteiger partial charge in [0.2, 0.25) is 11.8 Å². The topological polar surface area (TPSA) is 59.1 Å². The summed E-state index contributed by atoms with van der Waals surface area (Å²) in [6.07, 6.45) is 2.37. The summed E-state index contributed by atoms with van der Waals surface area (Å²) in [4.78, 5) is 28.5. The lowest BCUT2D eigenvalue weighted by atomic mass is 10.1. The van der Waals surface area contributed by atoms with E-state index in [1.807, 2.05) is 4.90 Å². The molecule has 23 heavy (non-hydrogen) atoms. The molecule has 0 unspecified atom stereocenters. The number of benzene rings is 1. The Morgan fingerprint density at radius 3 is 2.57 bits per heavy atom. The quantitative estimate of drug-likeness (QED) is 0.847. The summed E-state index contributed by atoms with van der Waals surface area (Å²) in [7, 11) is 3.15. The number of carbonyl (C=O) groups is 2. The van der Waals surface area contributed by atoms with Crippen LogP contribution in [-0.4, -0.2) is 50.6 Å². The van der Waals surface area contributed by atoms with Crippen molar-refractivity contribution in [2.75, 3.05) is 38.8 Å². The average molecular weight is 318 g/mol. The zero-order valence-electron chi connectivity index (χ0n) is 13.6. The summed E-state index contributed by atoms with van der Waals surface area (Å²) < 4.78 is 10.6. The SMILES string of the molecule is COc1ccc(OC)c(N2C[C@H](C(=O)N3CCCC3)CC2=O)c1. The van der Waals surface area contributed by atoms with Gasteiger partial charge in [0.1, 0.15) is 11.5 Å². The number of amides is 2. The number of hydrogen-bond donors (Lipinski definition) is 0. The van der Waals surface area contributed by atoms with Crippen molar-refractivity contribution in [1.29, 1.82) is 0 Å². The van der Waals surface area contributed by atoms with E-state index in [0.29, 0.717) is 23.7 Å². The predicted octanol–water partition coefficient (Wildman–Crippen LogP) is 1.68. The number of methoxy groups -OCH3 is 2. The van der Waals surface area contributed by atoms with Crippen LogP contribution in [0.5, 0.6) is 11.5 Å². The molecule has 124 valence electrons. The first-order chi connectivity index (χ1) is 11.1. The molecule has 1 aromatic carbocycles. The second-order valence-corrected chi connectivity index (χ2v) is 5.98. The van der Waals surface area contributed by atoms with Crippen molar-refractivity contribution in [3.05, 3.63) is 18.2 Å². The molecule has 2 heterocycles. The van der Waals surface area contributed by atoms with Gasteiger partial charge in [0, 0.05) is 32.1 Å². The average Bonchev–Trinajstić information content (AvgIpc) is 3.23. The molecule has 0 saturated carbocycles. The minimum atomic E-state index is -0.267. The lowest BCUT2D eigenvalue weighted by Gasteiger charge is -2.22. The van der Waals surface area contributed by atoms with Crippen molar-refractivity contribution in [2.45, 2.75) is 19.3 Å². The standard InChI is InChI=1S/C17H22N2O4/c1-22-13-5-6-15(23-2)14(10-13)19-11-12(9-16(19)20)17(21)18-7-3-4-8-18/h5-6,10,12H,3-4,7-9,11H2,1-2H3/t12-/m1/s1. The summed E-state index contributed by atoms with van der Waals surface area (Å²) >= 11 is 0. The van der Waals surface area contributed by atoms with Crippen LogP contribution < -0.4 is 14.4 Å². The smallest absolute Gasteiger partial charge is 0.228 e. The molecule has 6 heteroatoms. The molecule has 1 aromatic rings. The van der Waals surface area contributed by atoms with Gasteiger partial charge >= 0.3 is 0 Å². The van der Waals surface area contributed by atoms with E-state index in [1.165, 1.54) is 0 Å². The van der Waals surface area contributed by atoms with Gasteiger partial charge in [-0.3, -0.25) is 9.59 Å². The van der Waals surface area contributed by atoms with Gasteiger partial charge in [-0.15, -0.1) is 0 Å². The number of anilines is 1. The van der Waals surface area contributed by atoms with Gasteiger partial charge in [-0.1, -0.05) is 0 Å². The Morgan fingerprint density at radius 1 is 1.17 bits per heavy atom. The van der Waals surface area contributed by atoms with E-state index in [0.717, 1.165) is 25.9 Å². The molecule has 0 bridgehead atoms. The largest absolute Gasteiger partial charge is 0.497 e. The summed E-state index contributed by atoms with van der Waals surface area (Å²) in [5.41, 5.74) is 0.661. The fourth-order valence-corrected chi connectivity index (χ4v) is 3.31. The van der Waals surface area contributed by atoms with Gasteiger partial charge in [0.25, 0.3) is 0 Å². The maximum Gasteiger partial charge on any atom is 0.228 e. The number of carbonyl (C=O) groups excluding carboxylic acids is 2. The molecule has 0 aliphatic carbocycles. The molecule has 0 aromatic heterocycles. The Kier molecular flexibility index (Phi) is 4.41. The molecule has 2 amide bonds. The third kappa shape index (κ3) is 2.98. The molecule has 1 atom stereocenters. The van der Waals surface area contributed by atoms with Gasteiger partial charge in [0.05, 0.1) is 25.8 Å². The molecule has 2 saturated heterocycles. The molecule has 2 fully saturated rings. The van der Waals surface area contributed by atoms with Gasteiger partial charge in [-0.25, -0.2) is 0 Å². The number of nitrogens with zero attached hydrogens (tertiary/aromatic N) is 2. The van der Waals surface area contributed by atoms with Crippen molar-refractivity contribution in [3.63, 3.8) is 0 Å². The third-order valence-electron chi connectivity index (χ3n) is 4.57. The van der Waals surface area contributed by atoms with Crippen LogP contribution in [-0.2, 0) is 9.59 Å². The lowest BCUT2D eigenvalue weighted by Crippen LogP contribution is -2.35. The van der Waals surface area contributed by atoms with Crippen LogP contribution in [0.3, 0.4) is 0 Å². The van der Waals surface area contributed by atoms with E-state index in [1.54, 1.807) is 37.3 Å². The van der Waals surface area contributed by atoms with Crippen LogP contribution in [0.4, 0.5) is 5.69 Å². The summed E-state index contributed by atoms with van der Waals surface area (Å²) in [5.74, 6) is 1.04. The van der Waals surface area contributed by atoms with Crippen LogP contribution >= 0.6 is 0 Å². The minimum Gasteiger partial charge on any atom is -0.497 e. The Bertz CT molecular complexity index is 611. The van der Waals surface area contributed by atoms with Crippen molar-refractivity contribution >= 4 is 17.5 Å². The Hall–Kier alpha value is -2.24. The molecule has 3 rings (SSSR count). The Morgan fingerprint density at radius 2 is 1.91 bits per heavy atom. The maximum atomic E-state index is 12.5. The Balaban J connectivity index is 1.81. The predicted molar refractivity (Wildman–Crippen MR) is 85.8 cm³/mol. The van der Waals surface area contributed by atoms with E-state index in [-0.39, 0.29) is 24.2 Å². The third-order valence-corrected chi connectivity index (χ3v) is 4.57. The van der Waals surface area contributed by atoms with Crippen LogP contribution in [0.2, 0.25) is 0 Å². The molecule has 0 N–H and O–H groups in total. The summed E-state index contributed by atoms with van der Waals surface area (Å²) in [6.45, 7) is 2.02. The zero-order chi connectivity index (χ0) is 16.4. The van der Waals surface area contributed by atoms with Gasteiger partial charge < -0.3 is 19.3 Å². The number of hydrogen-bond acceptors (Lipinski definition) is 4. The minimum absolute atomic E-state index is 0.0471. The lowest BCUT2D eigenvalue weighted by molar-refractivity contribution is -0.134. The van der Waals surface area contributed by atoms with Crippen molar-refractivity contribution in [1.82, 2.24) is 4.90 Å². The summed E-state index contributed by atoms with van der Waals surface area (Å²) in [5, 5.41) is 0. The van der Waals surface area contributed by atoms with E-state index < -0.39 is 0 Å². The van der Waals surface area contributed by atoms with Gasteiger partial charge in [0.15, 0.2) is 0 Å². The van der Waals surface area contributed by atoms with E-state index >= 15 is 0 Å². The molecule has 0 radical (unpaired) electrons. The Labute approximate surface area is 136 Å². The molecule has 2 aliphatic rings. The van der Waals surface area contributed by atoms with Crippen LogP contribution in [0.1, 0.15) is 19.3 Å². The van der Waals surface area contributed by atoms with Crippen LogP contribution in [0.15, 0.2) is 18.2 Å². The van der Waals surface area contributed by atoms with E-state index in [9.17, 15) is 9.59 Å². The summed E-state index contributed by atoms with van der Waals surface area (Å²) in [6, 6.07) is 5.34. The molecule has 2 aliphatic heterocycles. The highest BCUT2D eigenvalue weighted by molar-refractivity contribution is 6.01. The second kappa shape index (κ2) is 6.48. The highest BCUT2D eigenvalue weighted by Crippen LogP contribution is 2.36. The van der Waals surface area contributed by atoms with Crippen LogP contribution in [0, 0.1) is 5.92 Å². The van der Waals surface area contributed by atoms with E-state index in [4.69, 9.17) is 9.47 Å². The number of ether oxygens (including phenoxy) is 2. The first-order valence-corrected chi connectivity index (χ1v) is 7.95. The highest BCUT2D eigenvalue weighted by atomic mass is 16.5. The van der Waals surface area contributed by atoms with Crippen LogP contribution in [0.25, 0.3) is 0 Å². The first-order valence-electron chi connectivity index (χ1n) is 7.95. The second-order valence-electron chi connectivity index (χ2n) is 5.98. The highest BCUT2D eigenvalue weighted by Gasteiger charge is 2.38. The molecule has 0 spiro atoms. The monoisotopic (exact) mass is 318 g/mol. The zero-order valence-corrected chi connectivity index (χ0v) is 13.6. The van der Waals surface area contributed by atoms with Crippen molar-refractivity contribution in [2.24, 2.45) is 5.92 Å².